The number of benzene rings is 2. The van der Waals surface area contributed by atoms with Crippen LogP contribution in [0.25, 0.3) is 0 Å². The van der Waals surface area contributed by atoms with Crippen molar-refractivity contribution in [2.75, 3.05) is 5.32 Å². The molecule has 0 saturated carbocycles. The largest absolute Gasteiger partial charge is 0.478 e. The van der Waals surface area contributed by atoms with E-state index in [1.54, 1.807) is 0 Å². The van der Waals surface area contributed by atoms with Crippen LogP contribution >= 0.6 is 0 Å². The zero-order valence-electron chi connectivity index (χ0n) is 11.2. The molecular weight excluding hydrogens is 257 g/mol. The normalized spacial score (nSPS) is 10.3. The van der Waals surface area contributed by atoms with E-state index in [-0.39, 0.29) is 5.56 Å². The van der Waals surface area contributed by atoms with Gasteiger partial charge >= 0.3 is 5.97 Å². The summed E-state index contributed by atoms with van der Waals surface area (Å²) in [6.45, 7) is 2.66. The highest BCUT2D eigenvalue weighted by Crippen LogP contribution is 2.16. The van der Waals surface area contributed by atoms with E-state index in [4.69, 9.17) is 5.11 Å². The standard InChI is InChI=1S/C16H16FNO2/c1-2-11-3-5-12(6-4-11)10-18-13-7-8-15(17)14(9-13)16(19)20/h3-9,18H,2,10H2,1H3,(H,19,20). The first-order valence-corrected chi connectivity index (χ1v) is 6.44. The van der Waals surface area contributed by atoms with E-state index in [2.05, 4.69) is 24.4 Å². The summed E-state index contributed by atoms with van der Waals surface area (Å²) in [5.41, 5.74) is 2.62. The lowest BCUT2D eigenvalue weighted by Gasteiger charge is -2.08. The topological polar surface area (TPSA) is 49.3 Å². The number of anilines is 1. The van der Waals surface area contributed by atoms with Gasteiger partial charge in [-0.3, -0.25) is 0 Å². The molecule has 0 atom stereocenters. The molecule has 2 aromatic rings. The van der Waals surface area contributed by atoms with Crippen molar-refractivity contribution >= 4 is 11.7 Å². The Kier molecular flexibility index (Phi) is 4.35. The molecule has 0 heterocycles. The van der Waals surface area contributed by atoms with Crippen LogP contribution in [0.1, 0.15) is 28.4 Å². The third-order valence-corrected chi connectivity index (χ3v) is 3.12. The van der Waals surface area contributed by atoms with E-state index >= 15 is 0 Å². The molecule has 104 valence electrons. The minimum atomic E-state index is -1.27. The van der Waals surface area contributed by atoms with Gasteiger partial charge in [-0.2, -0.15) is 0 Å². The lowest BCUT2D eigenvalue weighted by Crippen LogP contribution is -2.04. The van der Waals surface area contributed by atoms with E-state index in [0.29, 0.717) is 12.2 Å². The Hall–Kier alpha value is -2.36. The fraction of sp³-hybridized carbons (Fsp3) is 0.188. The summed E-state index contributed by atoms with van der Waals surface area (Å²) in [5, 5.41) is 12.0. The Morgan fingerprint density at radius 3 is 2.40 bits per heavy atom. The van der Waals surface area contributed by atoms with E-state index in [0.717, 1.165) is 18.1 Å². The molecule has 4 heteroatoms. The van der Waals surface area contributed by atoms with Crippen molar-refractivity contribution in [1.29, 1.82) is 0 Å². The molecule has 0 saturated heterocycles. The summed E-state index contributed by atoms with van der Waals surface area (Å²) in [4.78, 5) is 10.9. The maximum atomic E-state index is 13.3. The summed E-state index contributed by atoms with van der Waals surface area (Å²) in [7, 11) is 0. The second-order valence-electron chi connectivity index (χ2n) is 4.52. The van der Waals surface area contributed by atoms with Crippen LogP contribution in [0.5, 0.6) is 0 Å². The van der Waals surface area contributed by atoms with Crippen LogP contribution in [-0.4, -0.2) is 11.1 Å². The highest BCUT2D eigenvalue weighted by molar-refractivity contribution is 5.89. The van der Waals surface area contributed by atoms with Gasteiger partial charge in [-0.25, -0.2) is 9.18 Å². The second-order valence-corrected chi connectivity index (χ2v) is 4.52. The van der Waals surface area contributed by atoms with Crippen LogP contribution in [0.3, 0.4) is 0 Å². The van der Waals surface area contributed by atoms with Crippen LogP contribution in [-0.2, 0) is 13.0 Å². The summed E-state index contributed by atoms with van der Waals surface area (Å²) < 4.78 is 13.3. The van der Waals surface area contributed by atoms with Crippen molar-refractivity contribution < 1.29 is 14.3 Å². The van der Waals surface area contributed by atoms with E-state index in [1.165, 1.54) is 17.7 Å². The molecular formula is C16H16FNO2. The van der Waals surface area contributed by atoms with Gasteiger partial charge in [0.2, 0.25) is 0 Å². The van der Waals surface area contributed by atoms with Gasteiger partial charge < -0.3 is 10.4 Å². The Morgan fingerprint density at radius 2 is 1.80 bits per heavy atom. The number of aromatic carboxylic acids is 1. The van der Waals surface area contributed by atoms with Crippen molar-refractivity contribution in [3.05, 3.63) is 65.0 Å². The molecule has 0 aliphatic carbocycles. The summed E-state index contributed by atoms with van der Waals surface area (Å²) in [6, 6.07) is 12.2. The summed E-state index contributed by atoms with van der Waals surface area (Å²) >= 11 is 0. The zero-order valence-corrected chi connectivity index (χ0v) is 11.2. The minimum Gasteiger partial charge on any atom is -0.478 e. The summed E-state index contributed by atoms with van der Waals surface area (Å²) in [6.07, 6.45) is 0.994. The van der Waals surface area contributed by atoms with Crippen molar-refractivity contribution in [1.82, 2.24) is 0 Å². The van der Waals surface area contributed by atoms with Gasteiger partial charge in [0.15, 0.2) is 0 Å². The number of halogens is 1. The third kappa shape index (κ3) is 3.35. The van der Waals surface area contributed by atoms with Gasteiger partial charge in [0.05, 0.1) is 5.56 Å². The Balaban J connectivity index is 2.06. The molecule has 0 spiro atoms. The highest BCUT2D eigenvalue weighted by Gasteiger charge is 2.10. The molecule has 3 nitrogen and oxygen atoms in total. The Labute approximate surface area is 117 Å². The molecule has 0 aliphatic heterocycles. The second kappa shape index (κ2) is 6.19. The Bertz CT molecular complexity index is 608. The van der Waals surface area contributed by atoms with Crippen molar-refractivity contribution in [3.63, 3.8) is 0 Å². The molecule has 0 aliphatic rings. The first-order valence-electron chi connectivity index (χ1n) is 6.44. The van der Waals surface area contributed by atoms with Crippen LogP contribution in [0.4, 0.5) is 10.1 Å². The molecule has 2 N–H and O–H groups in total. The number of nitrogens with one attached hydrogen (secondary N) is 1. The molecule has 2 rings (SSSR count). The van der Waals surface area contributed by atoms with Gasteiger partial charge in [-0.05, 0) is 35.7 Å². The number of rotatable bonds is 5. The van der Waals surface area contributed by atoms with E-state index in [1.807, 2.05) is 12.1 Å². The van der Waals surface area contributed by atoms with E-state index in [9.17, 15) is 9.18 Å². The Morgan fingerprint density at radius 1 is 1.15 bits per heavy atom. The van der Waals surface area contributed by atoms with Gasteiger partial charge in [0, 0.05) is 12.2 Å². The molecule has 20 heavy (non-hydrogen) atoms. The monoisotopic (exact) mass is 273 g/mol. The van der Waals surface area contributed by atoms with Crippen molar-refractivity contribution in [2.45, 2.75) is 19.9 Å². The molecule has 0 fully saturated rings. The minimum absolute atomic E-state index is 0.323. The molecule has 0 bridgehead atoms. The quantitative estimate of drug-likeness (QED) is 0.873. The van der Waals surface area contributed by atoms with Gasteiger partial charge in [-0.15, -0.1) is 0 Å². The lowest BCUT2D eigenvalue weighted by molar-refractivity contribution is 0.0692. The number of carbonyl (C=O) groups is 1. The van der Waals surface area contributed by atoms with Gasteiger partial charge in [-0.1, -0.05) is 31.2 Å². The summed E-state index contributed by atoms with van der Waals surface area (Å²) in [5.74, 6) is -1.99. The van der Waals surface area contributed by atoms with Gasteiger partial charge in [0.25, 0.3) is 0 Å². The molecule has 0 unspecified atom stereocenters. The zero-order chi connectivity index (χ0) is 14.5. The van der Waals surface area contributed by atoms with Crippen molar-refractivity contribution in [3.8, 4) is 0 Å². The van der Waals surface area contributed by atoms with Crippen LogP contribution in [0, 0.1) is 5.82 Å². The maximum absolute atomic E-state index is 13.3. The molecule has 0 radical (unpaired) electrons. The average Bonchev–Trinajstić information content (AvgIpc) is 2.46. The van der Waals surface area contributed by atoms with Crippen LogP contribution in [0.2, 0.25) is 0 Å². The number of hydrogen-bond acceptors (Lipinski definition) is 2. The van der Waals surface area contributed by atoms with Crippen LogP contribution in [0.15, 0.2) is 42.5 Å². The first-order chi connectivity index (χ1) is 9.60. The maximum Gasteiger partial charge on any atom is 0.338 e. The molecule has 0 aromatic heterocycles. The molecule has 2 aromatic carbocycles. The predicted molar refractivity (Wildman–Crippen MR) is 76.5 cm³/mol. The smallest absolute Gasteiger partial charge is 0.338 e. The van der Waals surface area contributed by atoms with Crippen molar-refractivity contribution in [2.24, 2.45) is 0 Å². The van der Waals surface area contributed by atoms with E-state index < -0.39 is 11.8 Å². The van der Waals surface area contributed by atoms with Gasteiger partial charge in [0.1, 0.15) is 5.82 Å². The number of hydrogen-bond donors (Lipinski definition) is 2. The highest BCUT2D eigenvalue weighted by atomic mass is 19.1. The number of aryl methyl sites for hydroxylation is 1. The number of carboxylic acids is 1. The average molecular weight is 273 g/mol. The third-order valence-electron chi connectivity index (χ3n) is 3.12. The number of carboxylic acid groups (broad SMARTS) is 1. The SMILES string of the molecule is CCc1ccc(CNc2ccc(F)c(C(=O)O)c2)cc1. The lowest BCUT2D eigenvalue weighted by atomic mass is 10.1. The first kappa shape index (κ1) is 14.1. The predicted octanol–water partition coefficient (Wildman–Crippen LogP) is 3.70. The van der Waals surface area contributed by atoms with Crippen LogP contribution < -0.4 is 5.32 Å². The fourth-order valence-corrected chi connectivity index (χ4v) is 1.90. The fourth-order valence-electron chi connectivity index (χ4n) is 1.90. The molecule has 0 amide bonds.